The van der Waals surface area contributed by atoms with E-state index in [-0.39, 0.29) is 5.89 Å². The van der Waals surface area contributed by atoms with Crippen LogP contribution in [0, 0.1) is 19.3 Å². The minimum atomic E-state index is -1.39. The lowest BCUT2D eigenvalue weighted by Crippen LogP contribution is -2.18. The van der Waals surface area contributed by atoms with Gasteiger partial charge in [0.1, 0.15) is 5.76 Å². The van der Waals surface area contributed by atoms with E-state index in [4.69, 9.17) is 10.8 Å². The van der Waals surface area contributed by atoms with Crippen LogP contribution in [0.15, 0.2) is 10.6 Å². The number of terminal acetylenes is 1. The van der Waals surface area contributed by atoms with Crippen molar-refractivity contribution >= 4 is 0 Å². The van der Waals surface area contributed by atoms with Crippen molar-refractivity contribution in [2.24, 2.45) is 0 Å². The van der Waals surface area contributed by atoms with Gasteiger partial charge in [-0.25, -0.2) is 4.98 Å². The maximum atomic E-state index is 9.42. The molecule has 92 valence electrons. The molecule has 3 heteroatoms. The lowest BCUT2D eigenvalue weighted by molar-refractivity contribution is 0.0884. The van der Waals surface area contributed by atoms with Crippen LogP contribution in [0.4, 0.5) is 0 Å². The maximum Gasteiger partial charge on any atom is 0.239 e. The average Bonchev–Trinajstić information content (AvgIpc) is 2.70. The van der Waals surface area contributed by atoms with E-state index in [1.807, 2.05) is 13.8 Å². The first-order chi connectivity index (χ1) is 7.47. The van der Waals surface area contributed by atoms with E-state index in [0.717, 1.165) is 0 Å². The van der Waals surface area contributed by atoms with Crippen LogP contribution in [0.1, 0.15) is 52.7 Å². The fourth-order valence-electron chi connectivity index (χ4n) is 0.642. The summed E-state index contributed by atoms with van der Waals surface area (Å²) >= 11 is 0. The van der Waals surface area contributed by atoms with Crippen LogP contribution in [-0.4, -0.2) is 10.1 Å². The van der Waals surface area contributed by atoms with Gasteiger partial charge in [0.2, 0.25) is 5.89 Å². The normalized spacial score (nSPS) is 12.1. The van der Waals surface area contributed by atoms with Crippen molar-refractivity contribution < 1.29 is 9.52 Å². The Bertz CT molecular complexity index is 308. The third-order valence-corrected chi connectivity index (χ3v) is 1.32. The predicted molar refractivity (Wildman–Crippen MR) is 67.0 cm³/mol. The smallest absolute Gasteiger partial charge is 0.239 e. The SMILES string of the molecule is C#CC(C)(O)c1ncc(C)o1.CC.CCC. The molecule has 0 saturated carbocycles. The second-order valence-corrected chi connectivity index (χ2v) is 3.20. The van der Waals surface area contributed by atoms with Gasteiger partial charge in [-0.15, -0.1) is 6.42 Å². The largest absolute Gasteiger partial charge is 0.442 e. The fourth-order valence-corrected chi connectivity index (χ4v) is 0.642. The Kier molecular flexibility index (Phi) is 9.63. The van der Waals surface area contributed by atoms with Gasteiger partial charge in [-0.3, -0.25) is 0 Å². The van der Waals surface area contributed by atoms with Crippen molar-refractivity contribution in [1.29, 1.82) is 0 Å². The number of oxazole rings is 1. The van der Waals surface area contributed by atoms with Crippen molar-refractivity contribution in [3.63, 3.8) is 0 Å². The average molecular weight is 225 g/mol. The first-order valence-corrected chi connectivity index (χ1v) is 5.61. The molecule has 0 aliphatic carbocycles. The molecular formula is C13H23NO2. The third-order valence-electron chi connectivity index (χ3n) is 1.32. The Morgan fingerprint density at radius 1 is 1.50 bits per heavy atom. The minimum Gasteiger partial charge on any atom is -0.442 e. The second-order valence-electron chi connectivity index (χ2n) is 3.20. The molecule has 0 saturated heterocycles. The molecular weight excluding hydrogens is 202 g/mol. The standard InChI is InChI=1S/C8H9NO2.C3H8.C2H6/c1-4-8(3,10)7-9-5-6(2)11-7;1-3-2;1-2/h1,5,10H,2-3H3;3H2,1-2H3;1-2H3. The van der Waals surface area contributed by atoms with Crippen molar-refractivity contribution in [3.05, 3.63) is 17.8 Å². The predicted octanol–water partition coefficient (Wildman–Crippen LogP) is 3.27. The van der Waals surface area contributed by atoms with Gasteiger partial charge in [0.15, 0.2) is 5.60 Å². The Morgan fingerprint density at radius 2 is 1.94 bits per heavy atom. The molecule has 0 amide bonds. The zero-order chi connectivity index (χ0) is 13.2. The van der Waals surface area contributed by atoms with Crippen LogP contribution in [0.3, 0.4) is 0 Å². The summed E-state index contributed by atoms with van der Waals surface area (Å²) < 4.78 is 5.04. The molecule has 0 spiro atoms. The number of hydrogen-bond donors (Lipinski definition) is 1. The highest BCUT2D eigenvalue weighted by atomic mass is 16.4. The highest BCUT2D eigenvalue weighted by molar-refractivity contribution is 5.14. The molecule has 0 aliphatic heterocycles. The zero-order valence-corrected chi connectivity index (χ0v) is 11.2. The molecule has 0 radical (unpaired) electrons. The van der Waals surface area contributed by atoms with Crippen LogP contribution >= 0.6 is 0 Å². The first-order valence-electron chi connectivity index (χ1n) is 5.61. The van der Waals surface area contributed by atoms with Gasteiger partial charge in [-0.1, -0.05) is 40.0 Å². The van der Waals surface area contributed by atoms with Crippen molar-refractivity contribution in [2.45, 2.75) is 53.6 Å². The van der Waals surface area contributed by atoms with Gasteiger partial charge in [0.25, 0.3) is 0 Å². The van der Waals surface area contributed by atoms with E-state index in [0.29, 0.717) is 5.76 Å². The molecule has 0 aromatic carbocycles. The number of rotatable bonds is 1. The maximum absolute atomic E-state index is 9.42. The van der Waals surface area contributed by atoms with Crippen LogP contribution in [0.2, 0.25) is 0 Å². The van der Waals surface area contributed by atoms with Gasteiger partial charge in [-0.2, -0.15) is 0 Å². The van der Waals surface area contributed by atoms with Gasteiger partial charge >= 0.3 is 0 Å². The van der Waals surface area contributed by atoms with Gasteiger partial charge in [-0.05, 0) is 13.8 Å². The summed E-state index contributed by atoms with van der Waals surface area (Å²) in [7, 11) is 0. The van der Waals surface area contributed by atoms with E-state index in [2.05, 4.69) is 24.8 Å². The Labute approximate surface area is 98.9 Å². The highest BCUT2D eigenvalue weighted by Crippen LogP contribution is 2.18. The lowest BCUT2D eigenvalue weighted by Gasteiger charge is -2.09. The highest BCUT2D eigenvalue weighted by Gasteiger charge is 2.25. The second kappa shape index (κ2) is 8.99. The summed E-state index contributed by atoms with van der Waals surface area (Å²) in [5.74, 6) is 2.97. The number of aliphatic hydroxyl groups is 1. The number of nitrogens with zero attached hydrogens (tertiary/aromatic N) is 1. The summed E-state index contributed by atoms with van der Waals surface area (Å²) in [6.07, 6.45) is 7.81. The van der Waals surface area contributed by atoms with Gasteiger partial charge in [0, 0.05) is 0 Å². The summed E-state index contributed by atoms with van der Waals surface area (Å²) in [6, 6.07) is 0. The van der Waals surface area contributed by atoms with E-state index in [1.165, 1.54) is 19.5 Å². The molecule has 1 atom stereocenters. The summed E-state index contributed by atoms with van der Waals surface area (Å²) in [5.41, 5.74) is -1.39. The van der Waals surface area contributed by atoms with Gasteiger partial charge < -0.3 is 9.52 Å². The quantitative estimate of drug-likeness (QED) is 0.746. The molecule has 1 N–H and O–H groups in total. The van der Waals surface area contributed by atoms with E-state index in [1.54, 1.807) is 6.92 Å². The van der Waals surface area contributed by atoms with Crippen molar-refractivity contribution in [1.82, 2.24) is 4.98 Å². The molecule has 1 heterocycles. The van der Waals surface area contributed by atoms with Crippen LogP contribution in [0.25, 0.3) is 0 Å². The molecule has 0 bridgehead atoms. The third kappa shape index (κ3) is 6.26. The molecule has 1 aromatic heterocycles. The van der Waals surface area contributed by atoms with Crippen molar-refractivity contribution in [2.75, 3.05) is 0 Å². The molecule has 16 heavy (non-hydrogen) atoms. The molecule has 0 fully saturated rings. The Balaban J connectivity index is 0. The molecule has 3 nitrogen and oxygen atoms in total. The minimum absolute atomic E-state index is 0.164. The van der Waals surface area contributed by atoms with Crippen LogP contribution in [-0.2, 0) is 5.60 Å². The topological polar surface area (TPSA) is 46.3 Å². The number of aromatic nitrogens is 1. The molecule has 1 aromatic rings. The number of aryl methyl sites for hydroxylation is 1. The Hall–Kier alpha value is -1.27. The fraction of sp³-hybridized carbons (Fsp3) is 0.615. The van der Waals surface area contributed by atoms with E-state index < -0.39 is 5.60 Å². The molecule has 0 aliphatic rings. The molecule has 1 rings (SSSR count). The van der Waals surface area contributed by atoms with E-state index >= 15 is 0 Å². The first kappa shape index (κ1) is 17.1. The van der Waals surface area contributed by atoms with Gasteiger partial charge in [0.05, 0.1) is 6.20 Å². The van der Waals surface area contributed by atoms with Crippen LogP contribution < -0.4 is 0 Å². The summed E-state index contributed by atoms with van der Waals surface area (Å²) in [5, 5.41) is 9.42. The summed E-state index contributed by atoms with van der Waals surface area (Å²) in [4.78, 5) is 3.80. The van der Waals surface area contributed by atoms with E-state index in [9.17, 15) is 5.11 Å². The molecule has 1 unspecified atom stereocenters. The summed E-state index contributed by atoms with van der Waals surface area (Å²) in [6.45, 7) is 11.4. The lowest BCUT2D eigenvalue weighted by atomic mass is 10.1. The number of hydrogen-bond acceptors (Lipinski definition) is 3. The monoisotopic (exact) mass is 225 g/mol. The Morgan fingerprint density at radius 3 is 2.19 bits per heavy atom. The van der Waals surface area contributed by atoms with Crippen molar-refractivity contribution in [3.8, 4) is 12.3 Å². The zero-order valence-electron chi connectivity index (χ0n) is 11.2. The van der Waals surface area contributed by atoms with Crippen LogP contribution in [0.5, 0.6) is 0 Å².